The molecule has 0 spiro atoms. The molecule has 0 atom stereocenters. The molecular formula is C30H24NO+. The zero-order chi connectivity index (χ0) is 21.8. The Labute approximate surface area is 187 Å². The summed E-state index contributed by atoms with van der Waals surface area (Å²) in [6, 6.07) is 30.2. The molecule has 2 heterocycles. The maximum absolute atomic E-state index is 6.53. The highest BCUT2D eigenvalue weighted by molar-refractivity contribution is 6.23. The molecule has 0 bridgehead atoms. The van der Waals surface area contributed by atoms with Gasteiger partial charge in [0.15, 0.2) is 6.20 Å². The van der Waals surface area contributed by atoms with Gasteiger partial charge in [-0.05, 0) is 47.4 Å². The minimum atomic E-state index is 0.928. The van der Waals surface area contributed by atoms with Gasteiger partial charge in [-0.25, -0.2) is 4.57 Å². The van der Waals surface area contributed by atoms with E-state index in [0.717, 1.165) is 27.8 Å². The highest BCUT2D eigenvalue weighted by Gasteiger charge is 2.24. The first-order valence-electron chi connectivity index (χ1n) is 11.0. The predicted molar refractivity (Wildman–Crippen MR) is 133 cm³/mol. The number of para-hydroxylation sites is 1. The number of fused-ring (bicyclic) bond motifs is 5. The molecule has 4 aromatic carbocycles. The van der Waals surface area contributed by atoms with E-state index in [4.69, 9.17) is 4.42 Å². The van der Waals surface area contributed by atoms with Gasteiger partial charge in [0.2, 0.25) is 5.69 Å². The Hall–Kier alpha value is -3.91. The third kappa shape index (κ3) is 2.76. The molecule has 2 aromatic heterocycles. The topological polar surface area (TPSA) is 17.0 Å². The molecule has 0 amide bonds. The molecule has 0 unspecified atom stereocenters. The van der Waals surface area contributed by atoms with Crippen LogP contribution in [0.1, 0.15) is 11.1 Å². The number of rotatable bonds is 2. The first-order chi connectivity index (χ1) is 15.6. The van der Waals surface area contributed by atoms with Gasteiger partial charge in [0.05, 0.1) is 5.56 Å². The number of aromatic nitrogens is 1. The summed E-state index contributed by atoms with van der Waals surface area (Å²) in [5, 5.41) is 4.86. The monoisotopic (exact) mass is 414 g/mol. The molecule has 0 saturated carbocycles. The van der Waals surface area contributed by atoms with E-state index in [-0.39, 0.29) is 0 Å². The van der Waals surface area contributed by atoms with E-state index >= 15 is 0 Å². The Balaban J connectivity index is 1.74. The van der Waals surface area contributed by atoms with E-state index in [1.807, 2.05) is 6.07 Å². The third-order valence-electron chi connectivity index (χ3n) is 6.59. The van der Waals surface area contributed by atoms with Gasteiger partial charge >= 0.3 is 0 Å². The summed E-state index contributed by atoms with van der Waals surface area (Å²) in [4.78, 5) is 0. The van der Waals surface area contributed by atoms with E-state index in [1.165, 1.54) is 38.4 Å². The van der Waals surface area contributed by atoms with Crippen LogP contribution in [0.25, 0.3) is 55.1 Å². The average Bonchev–Trinajstić information content (AvgIpc) is 3.20. The normalized spacial score (nSPS) is 11.6. The number of furan rings is 1. The van der Waals surface area contributed by atoms with Crippen molar-refractivity contribution in [3.63, 3.8) is 0 Å². The second-order valence-corrected chi connectivity index (χ2v) is 8.63. The van der Waals surface area contributed by atoms with E-state index in [0.29, 0.717) is 0 Å². The van der Waals surface area contributed by atoms with Gasteiger partial charge in [0, 0.05) is 22.9 Å². The zero-order valence-electron chi connectivity index (χ0n) is 18.5. The lowest BCUT2D eigenvalue weighted by molar-refractivity contribution is -0.660. The first-order valence-corrected chi connectivity index (χ1v) is 11.0. The Morgan fingerprint density at radius 2 is 1.38 bits per heavy atom. The summed E-state index contributed by atoms with van der Waals surface area (Å²) in [7, 11) is 2.11. The molecule has 2 heteroatoms. The van der Waals surface area contributed by atoms with E-state index in [2.05, 4.69) is 111 Å². The van der Waals surface area contributed by atoms with Gasteiger partial charge in [0.1, 0.15) is 18.2 Å². The van der Waals surface area contributed by atoms with Crippen molar-refractivity contribution >= 4 is 32.7 Å². The van der Waals surface area contributed by atoms with Crippen molar-refractivity contribution in [3.05, 3.63) is 102 Å². The fourth-order valence-corrected chi connectivity index (χ4v) is 4.87. The molecule has 0 fully saturated rings. The largest absolute Gasteiger partial charge is 0.455 e. The zero-order valence-corrected chi connectivity index (χ0v) is 18.5. The number of nitrogens with zero attached hydrogens (tertiary/aromatic N) is 1. The standard InChI is InChI=1S/C30H24NO/c1-19-12-14-21(15-13-19)22-16-17-31(3)26(18-22)28-20(2)23-8-4-5-9-24(23)29-25-10-6-7-11-27(25)32-30(28)29/h4-18H,1-3H3/q+1. The lowest BCUT2D eigenvalue weighted by Crippen LogP contribution is -2.30. The minimum absolute atomic E-state index is 0.928. The molecule has 0 saturated heterocycles. The fraction of sp³-hybridized carbons (Fsp3) is 0.100. The van der Waals surface area contributed by atoms with E-state index in [1.54, 1.807) is 0 Å². The molecule has 6 aromatic rings. The number of hydrogen-bond acceptors (Lipinski definition) is 1. The maximum Gasteiger partial charge on any atom is 0.216 e. The van der Waals surface area contributed by atoms with E-state index in [9.17, 15) is 0 Å². The predicted octanol–water partition coefficient (Wildman–Crippen LogP) is 7.51. The van der Waals surface area contributed by atoms with Crippen LogP contribution < -0.4 is 4.57 Å². The lowest BCUT2D eigenvalue weighted by Gasteiger charge is -2.11. The van der Waals surface area contributed by atoms with Gasteiger partial charge in [-0.3, -0.25) is 0 Å². The summed E-state index contributed by atoms with van der Waals surface area (Å²) in [6.45, 7) is 4.33. The summed E-state index contributed by atoms with van der Waals surface area (Å²) in [5.41, 5.74) is 9.12. The van der Waals surface area contributed by atoms with Crippen LogP contribution in [0, 0.1) is 13.8 Å². The lowest BCUT2D eigenvalue weighted by atomic mass is 9.92. The second-order valence-electron chi connectivity index (χ2n) is 8.63. The molecule has 0 aliphatic heterocycles. The Bertz CT molecular complexity index is 1640. The summed E-state index contributed by atoms with van der Waals surface area (Å²) >= 11 is 0. The Kier molecular flexibility index (Phi) is 4.16. The van der Waals surface area contributed by atoms with Crippen LogP contribution in [0.3, 0.4) is 0 Å². The molecule has 2 nitrogen and oxygen atoms in total. The third-order valence-corrected chi connectivity index (χ3v) is 6.59. The van der Waals surface area contributed by atoms with Crippen molar-refractivity contribution in [1.29, 1.82) is 0 Å². The number of benzene rings is 4. The molecule has 0 aliphatic rings. The quantitative estimate of drug-likeness (QED) is 0.268. The van der Waals surface area contributed by atoms with Gasteiger partial charge < -0.3 is 4.42 Å². The maximum atomic E-state index is 6.53. The fourth-order valence-electron chi connectivity index (χ4n) is 4.87. The Morgan fingerprint density at radius 3 is 2.16 bits per heavy atom. The molecule has 0 aliphatic carbocycles. The van der Waals surface area contributed by atoms with Crippen molar-refractivity contribution in [2.75, 3.05) is 0 Å². The first kappa shape index (κ1) is 18.8. The molecule has 154 valence electrons. The van der Waals surface area contributed by atoms with Crippen molar-refractivity contribution in [1.82, 2.24) is 0 Å². The SMILES string of the molecule is Cc1ccc(-c2cc[n+](C)c(-c3c(C)c4ccccc4c4c3oc3ccccc34)c2)cc1. The summed E-state index contributed by atoms with van der Waals surface area (Å²) in [6.07, 6.45) is 2.15. The van der Waals surface area contributed by atoms with Crippen LogP contribution in [0.5, 0.6) is 0 Å². The minimum Gasteiger partial charge on any atom is -0.455 e. The number of aryl methyl sites for hydroxylation is 3. The van der Waals surface area contributed by atoms with Crippen molar-refractivity contribution in [2.45, 2.75) is 13.8 Å². The van der Waals surface area contributed by atoms with Crippen molar-refractivity contribution < 1.29 is 8.98 Å². The number of hydrogen-bond donors (Lipinski definition) is 0. The molecule has 0 N–H and O–H groups in total. The van der Waals surface area contributed by atoms with Crippen LogP contribution in [0.4, 0.5) is 0 Å². The summed E-state index contributed by atoms with van der Waals surface area (Å²) in [5.74, 6) is 0. The van der Waals surface area contributed by atoms with Gasteiger partial charge in [-0.15, -0.1) is 0 Å². The highest BCUT2D eigenvalue weighted by atomic mass is 16.3. The Morgan fingerprint density at radius 1 is 0.688 bits per heavy atom. The van der Waals surface area contributed by atoms with Crippen LogP contribution in [0.15, 0.2) is 95.5 Å². The summed E-state index contributed by atoms with van der Waals surface area (Å²) < 4.78 is 8.73. The smallest absolute Gasteiger partial charge is 0.216 e. The van der Waals surface area contributed by atoms with Crippen LogP contribution in [-0.4, -0.2) is 0 Å². The van der Waals surface area contributed by atoms with Crippen LogP contribution >= 0.6 is 0 Å². The van der Waals surface area contributed by atoms with Crippen LogP contribution in [0.2, 0.25) is 0 Å². The molecule has 32 heavy (non-hydrogen) atoms. The average molecular weight is 415 g/mol. The molecule has 6 rings (SSSR count). The van der Waals surface area contributed by atoms with Crippen molar-refractivity contribution in [2.24, 2.45) is 7.05 Å². The van der Waals surface area contributed by atoms with E-state index < -0.39 is 0 Å². The van der Waals surface area contributed by atoms with Crippen molar-refractivity contribution in [3.8, 4) is 22.4 Å². The van der Waals surface area contributed by atoms with Gasteiger partial charge in [-0.2, -0.15) is 0 Å². The van der Waals surface area contributed by atoms with Gasteiger partial charge in [-0.1, -0.05) is 72.3 Å². The molecule has 0 radical (unpaired) electrons. The van der Waals surface area contributed by atoms with Gasteiger partial charge in [0.25, 0.3) is 0 Å². The highest BCUT2D eigenvalue weighted by Crippen LogP contribution is 2.43. The molecular weight excluding hydrogens is 390 g/mol. The second kappa shape index (κ2) is 7.06. The number of pyridine rings is 1. The van der Waals surface area contributed by atoms with Crippen LogP contribution in [-0.2, 0) is 7.05 Å².